The van der Waals surface area contributed by atoms with Gasteiger partial charge in [0.05, 0.1) is 19.1 Å². The van der Waals surface area contributed by atoms with Gasteiger partial charge in [-0.15, -0.1) is 0 Å². The van der Waals surface area contributed by atoms with Crippen LogP contribution in [0.3, 0.4) is 0 Å². The SMILES string of the molecule is CCOc1ccc(OC(=O)CCC#N)cc1. The summed E-state index contributed by atoms with van der Waals surface area (Å²) in [6.07, 6.45) is 0.291. The van der Waals surface area contributed by atoms with Crippen LogP contribution in [-0.2, 0) is 4.79 Å². The number of nitriles is 1. The van der Waals surface area contributed by atoms with Crippen molar-refractivity contribution in [3.8, 4) is 17.6 Å². The molecule has 0 fully saturated rings. The quantitative estimate of drug-likeness (QED) is 0.563. The molecule has 0 atom stereocenters. The molecule has 0 saturated carbocycles. The van der Waals surface area contributed by atoms with Crippen molar-refractivity contribution in [2.45, 2.75) is 19.8 Å². The van der Waals surface area contributed by atoms with Gasteiger partial charge >= 0.3 is 5.97 Å². The molecule has 0 heterocycles. The molecule has 0 N–H and O–H groups in total. The smallest absolute Gasteiger partial charge is 0.312 e. The zero-order valence-electron chi connectivity index (χ0n) is 9.10. The molecule has 0 aliphatic heterocycles. The van der Waals surface area contributed by atoms with Gasteiger partial charge in [-0.3, -0.25) is 4.79 Å². The van der Waals surface area contributed by atoms with Gasteiger partial charge in [0.1, 0.15) is 11.5 Å². The molecule has 0 bridgehead atoms. The van der Waals surface area contributed by atoms with E-state index in [9.17, 15) is 4.79 Å². The molecule has 0 saturated heterocycles. The summed E-state index contributed by atoms with van der Waals surface area (Å²) in [5.41, 5.74) is 0. The molecule has 1 rings (SSSR count). The van der Waals surface area contributed by atoms with Gasteiger partial charge in [0.25, 0.3) is 0 Å². The summed E-state index contributed by atoms with van der Waals surface area (Å²) in [7, 11) is 0. The second kappa shape index (κ2) is 6.46. The van der Waals surface area contributed by atoms with E-state index in [0.717, 1.165) is 5.75 Å². The number of benzene rings is 1. The normalized spacial score (nSPS) is 9.25. The minimum absolute atomic E-state index is 0.115. The van der Waals surface area contributed by atoms with E-state index in [0.29, 0.717) is 12.4 Å². The molecule has 0 amide bonds. The number of carbonyl (C=O) groups excluding carboxylic acids is 1. The van der Waals surface area contributed by atoms with Crippen LogP contribution >= 0.6 is 0 Å². The Morgan fingerprint density at radius 2 is 1.94 bits per heavy atom. The lowest BCUT2D eigenvalue weighted by Gasteiger charge is -2.05. The maximum Gasteiger partial charge on any atom is 0.312 e. The third-order valence-electron chi connectivity index (χ3n) is 1.81. The molecule has 4 nitrogen and oxygen atoms in total. The highest BCUT2D eigenvalue weighted by atomic mass is 16.5. The molecule has 1 aromatic rings. The summed E-state index contributed by atoms with van der Waals surface area (Å²) >= 11 is 0. The Kier molecular flexibility index (Phi) is 4.87. The summed E-state index contributed by atoms with van der Waals surface area (Å²) < 4.78 is 10.3. The Balaban J connectivity index is 2.49. The van der Waals surface area contributed by atoms with Gasteiger partial charge in [0, 0.05) is 6.42 Å². The lowest BCUT2D eigenvalue weighted by molar-refractivity contribution is -0.134. The van der Waals surface area contributed by atoms with Crippen LogP contribution in [-0.4, -0.2) is 12.6 Å². The predicted octanol–water partition coefficient (Wildman–Crippen LogP) is 2.29. The van der Waals surface area contributed by atoms with Gasteiger partial charge < -0.3 is 9.47 Å². The van der Waals surface area contributed by atoms with E-state index in [-0.39, 0.29) is 12.8 Å². The fourth-order valence-corrected chi connectivity index (χ4v) is 1.11. The summed E-state index contributed by atoms with van der Waals surface area (Å²) in [6, 6.07) is 8.68. The number of nitrogens with zero attached hydrogens (tertiary/aromatic N) is 1. The highest BCUT2D eigenvalue weighted by Gasteiger charge is 2.04. The van der Waals surface area contributed by atoms with E-state index in [1.165, 1.54) is 0 Å². The van der Waals surface area contributed by atoms with E-state index in [1.807, 2.05) is 13.0 Å². The third-order valence-corrected chi connectivity index (χ3v) is 1.81. The van der Waals surface area contributed by atoms with Crippen molar-refractivity contribution in [3.63, 3.8) is 0 Å². The molecule has 0 radical (unpaired) electrons. The average Bonchev–Trinajstić information content (AvgIpc) is 2.29. The largest absolute Gasteiger partial charge is 0.494 e. The number of ether oxygens (including phenoxy) is 2. The van der Waals surface area contributed by atoms with Crippen LogP contribution in [0.4, 0.5) is 0 Å². The van der Waals surface area contributed by atoms with Gasteiger partial charge in [0.2, 0.25) is 0 Å². The summed E-state index contributed by atoms with van der Waals surface area (Å²) in [4.78, 5) is 11.2. The number of carbonyl (C=O) groups is 1. The fourth-order valence-electron chi connectivity index (χ4n) is 1.11. The van der Waals surface area contributed by atoms with Crippen molar-refractivity contribution >= 4 is 5.97 Å². The minimum Gasteiger partial charge on any atom is -0.494 e. The Morgan fingerprint density at radius 3 is 2.50 bits per heavy atom. The topological polar surface area (TPSA) is 59.3 Å². The lowest BCUT2D eigenvalue weighted by atomic mass is 10.3. The molecule has 0 unspecified atom stereocenters. The maximum atomic E-state index is 11.2. The number of hydrogen-bond acceptors (Lipinski definition) is 4. The van der Waals surface area contributed by atoms with Crippen LogP contribution in [0, 0.1) is 11.3 Å². The van der Waals surface area contributed by atoms with E-state index in [4.69, 9.17) is 14.7 Å². The summed E-state index contributed by atoms with van der Waals surface area (Å²) in [6.45, 7) is 2.50. The Morgan fingerprint density at radius 1 is 1.31 bits per heavy atom. The highest BCUT2D eigenvalue weighted by Crippen LogP contribution is 2.17. The Hall–Kier alpha value is -2.02. The molecule has 0 aromatic heterocycles. The standard InChI is InChI=1S/C12H13NO3/c1-2-15-10-5-7-11(8-6-10)16-12(14)4-3-9-13/h5-8H,2-4H2,1H3. The van der Waals surface area contributed by atoms with Crippen molar-refractivity contribution in [2.24, 2.45) is 0 Å². The highest BCUT2D eigenvalue weighted by molar-refractivity contribution is 5.72. The number of hydrogen-bond donors (Lipinski definition) is 0. The first-order valence-electron chi connectivity index (χ1n) is 5.06. The van der Waals surface area contributed by atoms with E-state index in [2.05, 4.69) is 0 Å². The molecule has 1 aromatic carbocycles. The predicted molar refractivity (Wildman–Crippen MR) is 58.1 cm³/mol. The first-order chi connectivity index (χ1) is 7.76. The first kappa shape index (κ1) is 12.1. The number of rotatable bonds is 5. The van der Waals surface area contributed by atoms with Crippen molar-refractivity contribution in [2.75, 3.05) is 6.61 Å². The second-order valence-electron chi connectivity index (χ2n) is 3.04. The monoisotopic (exact) mass is 219 g/mol. The van der Waals surface area contributed by atoms with Crippen molar-refractivity contribution in [1.29, 1.82) is 5.26 Å². The fraction of sp³-hybridized carbons (Fsp3) is 0.333. The average molecular weight is 219 g/mol. The van der Waals surface area contributed by atoms with Crippen LogP contribution in [0.25, 0.3) is 0 Å². The van der Waals surface area contributed by atoms with Gasteiger partial charge in [-0.2, -0.15) is 5.26 Å². The zero-order chi connectivity index (χ0) is 11.8. The molecule has 16 heavy (non-hydrogen) atoms. The molecular formula is C12H13NO3. The van der Waals surface area contributed by atoms with Gasteiger partial charge in [-0.1, -0.05) is 0 Å². The molecular weight excluding hydrogens is 206 g/mol. The Bertz CT molecular complexity index is 378. The van der Waals surface area contributed by atoms with Gasteiger partial charge in [-0.05, 0) is 31.2 Å². The van der Waals surface area contributed by atoms with E-state index in [1.54, 1.807) is 24.3 Å². The third kappa shape index (κ3) is 4.01. The van der Waals surface area contributed by atoms with Crippen LogP contribution in [0.5, 0.6) is 11.5 Å². The summed E-state index contributed by atoms with van der Waals surface area (Å²) in [5.74, 6) is 0.802. The van der Waals surface area contributed by atoms with Crippen LogP contribution in [0.2, 0.25) is 0 Å². The second-order valence-corrected chi connectivity index (χ2v) is 3.04. The van der Waals surface area contributed by atoms with Crippen molar-refractivity contribution in [1.82, 2.24) is 0 Å². The van der Waals surface area contributed by atoms with Crippen LogP contribution in [0.1, 0.15) is 19.8 Å². The van der Waals surface area contributed by atoms with Crippen LogP contribution in [0.15, 0.2) is 24.3 Å². The number of esters is 1. The van der Waals surface area contributed by atoms with Crippen molar-refractivity contribution in [3.05, 3.63) is 24.3 Å². The van der Waals surface area contributed by atoms with E-state index < -0.39 is 5.97 Å². The Labute approximate surface area is 94.4 Å². The first-order valence-corrected chi connectivity index (χ1v) is 5.06. The summed E-state index contributed by atoms with van der Waals surface area (Å²) in [5, 5.41) is 8.30. The van der Waals surface area contributed by atoms with Crippen molar-refractivity contribution < 1.29 is 14.3 Å². The van der Waals surface area contributed by atoms with E-state index >= 15 is 0 Å². The molecule has 0 aliphatic rings. The molecule has 84 valence electrons. The lowest BCUT2D eigenvalue weighted by Crippen LogP contribution is -2.06. The van der Waals surface area contributed by atoms with Crippen LogP contribution < -0.4 is 9.47 Å². The van der Waals surface area contributed by atoms with Gasteiger partial charge in [0.15, 0.2) is 0 Å². The molecule has 0 spiro atoms. The maximum absolute atomic E-state index is 11.2. The molecule has 0 aliphatic carbocycles. The minimum atomic E-state index is -0.397. The molecule has 4 heteroatoms. The van der Waals surface area contributed by atoms with Gasteiger partial charge in [-0.25, -0.2) is 0 Å². The zero-order valence-corrected chi connectivity index (χ0v) is 9.10.